The zero-order valence-electron chi connectivity index (χ0n) is 13.3. The number of nitro benzene ring substituents is 1. The topological polar surface area (TPSA) is 101 Å². The minimum absolute atomic E-state index is 0.0742. The van der Waals surface area contributed by atoms with Crippen molar-refractivity contribution < 1.29 is 22.8 Å². The molecule has 0 radical (unpaired) electrons. The van der Waals surface area contributed by atoms with E-state index < -0.39 is 17.0 Å². The minimum Gasteiger partial charge on any atom is -0.406 e. The van der Waals surface area contributed by atoms with Crippen molar-refractivity contribution in [3.8, 4) is 11.8 Å². The van der Waals surface area contributed by atoms with Gasteiger partial charge in [-0.1, -0.05) is 6.07 Å². The van der Waals surface area contributed by atoms with E-state index in [1.165, 1.54) is 36.5 Å². The van der Waals surface area contributed by atoms with E-state index in [9.17, 15) is 28.5 Å². The molecule has 1 N–H and O–H groups in total. The summed E-state index contributed by atoms with van der Waals surface area (Å²) in [6.07, 6.45) is -3.58. The van der Waals surface area contributed by atoms with Crippen LogP contribution in [0, 0.1) is 21.4 Å². The van der Waals surface area contributed by atoms with Gasteiger partial charge in [-0.2, -0.15) is 5.26 Å². The maximum Gasteiger partial charge on any atom is 0.573 e. The smallest absolute Gasteiger partial charge is 0.406 e. The lowest BCUT2D eigenvalue weighted by atomic mass is 10.1. The Balaban J connectivity index is 2.08. The standard InChI is InChI=1S/C17H9F3N4O3/c18-17(19,20)27-13-3-1-2-11(6-13)23-16-10(8-21)9-22-15-5-4-12(24(25)26)7-14(15)16/h1-7,9H,(H,22,23). The molecule has 3 rings (SSSR count). The molecule has 10 heteroatoms. The number of benzene rings is 2. The summed E-state index contributed by atoms with van der Waals surface area (Å²) in [5.41, 5.74) is 0.633. The van der Waals surface area contributed by atoms with E-state index in [0.29, 0.717) is 5.52 Å². The van der Waals surface area contributed by atoms with E-state index in [4.69, 9.17) is 0 Å². The first-order chi connectivity index (χ1) is 12.8. The van der Waals surface area contributed by atoms with Crippen molar-refractivity contribution in [3.05, 3.63) is 64.3 Å². The summed E-state index contributed by atoms with van der Waals surface area (Å²) in [6, 6.07) is 10.8. The van der Waals surface area contributed by atoms with Gasteiger partial charge >= 0.3 is 6.36 Å². The van der Waals surface area contributed by atoms with Gasteiger partial charge in [0.05, 0.1) is 21.7 Å². The van der Waals surface area contributed by atoms with Crippen LogP contribution in [0.2, 0.25) is 0 Å². The van der Waals surface area contributed by atoms with Crippen molar-refractivity contribution >= 4 is 28.0 Å². The average molecular weight is 374 g/mol. The van der Waals surface area contributed by atoms with Gasteiger partial charge in [0.25, 0.3) is 5.69 Å². The number of ether oxygens (including phenoxy) is 1. The molecule has 1 aromatic heterocycles. The van der Waals surface area contributed by atoms with E-state index >= 15 is 0 Å². The molecule has 1 heterocycles. The van der Waals surface area contributed by atoms with Crippen LogP contribution in [-0.4, -0.2) is 16.3 Å². The fourth-order valence-corrected chi connectivity index (χ4v) is 2.43. The number of nitrogens with zero attached hydrogens (tertiary/aromatic N) is 3. The maximum atomic E-state index is 12.4. The van der Waals surface area contributed by atoms with Crippen molar-refractivity contribution in [1.82, 2.24) is 4.98 Å². The number of aromatic nitrogens is 1. The number of nitro groups is 1. The number of pyridine rings is 1. The molecule has 3 aromatic rings. The first-order valence-electron chi connectivity index (χ1n) is 7.37. The zero-order valence-corrected chi connectivity index (χ0v) is 13.3. The molecule has 0 aliphatic carbocycles. The van der Waals surface area contributed by atoms with Crippen LogP contribution in [-0.2, 0) is 0 Å². The van der Waals surface area contributed by atoms with Crippen LogP contribution in [0.5, 0.6) is 5.75 Å². The molecule has 0 saturated carbocycles. The van der Waals surface area contributed by atoms with Gasteiger partial charge in [-0.3, -0.25) is 15.1 Å². The van der Waals surface area contributed by atoms with Crippen molar-refractivity contribution in [2.45, 2.75) is 6.36 Å². The number of rotatable bonds is 4. The second-order valence-corrected chi connectivity index (χ2v) is 5.32. The fraction of sp³-hybridized carbons (Fsp3) is 0.0588. The zero-order chi connectivity index (χ0) is 19.6. The summed E-state index contributed by atoms with van der Waals surface area (Å²) in [5.74, 6) is -0.449. The Morgan fingerprint density at radius 1 is 1.22 bits per heavy atom. The molecule has 136 valence electrons. The number of halogens is 3. The molecule has 0 unspecified atom stereocenters. The molecule has 0 bridgehead atoms. The lowest BCUT2D eigenvalue weighted by Gasteiger charge is -2.13. The Bertz CT molecular complexity index is 1080. The van der Waals surface area contributed by atoms with E-state index in [-0.39, 0.29) is 28.0 Å². The van der Waals surface area contributed by atoms with Crippen LogP contribution in [0.25, 0.3) is 10.9 Å². The molecule has 0 saturated heterocycles. The van der Waals surface area contributed by atoms with E-state index in [0.717, 1.165) is 12.1 Å². The monoisotopic (exact) mass is 374 g/mol. The largest absolute Gasteiger partial charge is 0.573 e. The third kappa shape index (κ3) is 4.04. The lowest BCUT2D eigenvalue weighted by molar-refractivity contribution is -0.384. The molecule has 0 aliphatic rings. The summed E-state index contributed by atoms with van der Waals surface area (Å²) in [7, 11) is 0. The van der Waals surface area contributed by atoms with Crippen molar-refractivity contribution in [3.63, 3.8) is 0 Å². The van der Waals surface area contributed by atoms with Crippen LogP contribution in [0.1, 0.15) is 5.56 Å². The minimum atomic E-state index is -4.85. The number of nitrogens with one attached hydrogen (secondary N) is 1. The van der Waals surface area contributed by atoms with Gasteiger partial charge in [0.1, 0.15) is 11.8 Å². The molecular formula is C17H9F3N4O3. The first kappa shape index (κ1) is 17.9. The number of alkyl halides is 3. The number of anilines is 2. The summed E-state index contributed by atoms with van der Waals surface area (Å²) < 4.78 is 41.0. The summed E-state index contributed by atoms with van der Waals surface area (Å²) in [4.78, 5) is 14.5. The summed E-state index contributed by atoms with van der Waals surface area (Å²) in [6.45, 7) is 0. The molecule has 0 spiro atoms. The van der Waals surface area contributed by atoms with Crippen molar-refractivity contribution in [2.24, 2.45) is 0 Å². The van der Waals surface area contributed by atoms with Crippen LogP contribution in [0.15, 0.2) is 48.7 Å². The van der Waals surface area contributed by atoms with Gasteiger partial charge in [0.2, 0.25) is 0 Å². The van der Waals surface area contributed by atoms with Gasteiger partial charge in [-0.25, -0.2) is 0 Å². The van der Waals surface area contributed by atoms with E-state index in [1.54, 1.807) is 0 Å². The highest BCUT2D eigenvalue weighted by Gasteiger charge is 2.31. The number of hydrogen-bond donors (Lipinski definition) is 1. The predicted molar refractivity (Wildman–Crippen MR) is 89.5 cm³/mol. The van der Waals surface area contributed by atoms with Crippen LogP contribution < -0.4 is 10.1 Å². The molecule has 0 atom stereocenters. The van der Waals surface area contributed by atoms with Crippen LogP contribution >= 0.6 is 0 Å². The fourth-order valence-electron chi connectivity index (χ4n) is 2.43. The van der Waals surface area contributed by atoms with Crippen LogP contribution in [0.4, 0.5) is 30.2 Å². The second kappa shape index (κ2) is 6.80. The van der Waals surface area contributed by atoms with Gasteiger partial charge in [-0.15, -0.1) is 13.2 Å². The Morgan fingerprint density at radius 2 is 2.00 bits per heavy atom. The Morgan fingerprint density at radius 3 is 2.67 bits per heavy atom. The maximum absolute atomic E-state index is 12.4. The Hall–Kier alpha value is -3.87. The molecule has 27 heavy (non-hydrogen) atoms. The highest BCUT2D eigenvalue weighted by molar-refractivity contribution is 5.97. The molecule has 2 aromatic carbocycles. The van der Waals surface area contributed by atoms with Gasteiger partial charge in [0, 0.05) is 35.5 Å². The molecule has 0 fully saturated rings. The van der Waals surface area contributed by atoms with Crippen molar-refractivity contribution in [2.75, 3.05) is 5.32 Å². The molecule has 0 amide bonds. The predicted octanol–water partition coefficient (Wildman–Crippen LogP) is 4.66. The first-order valence-corrected chi connectivity index (χ1v) is 7.37. The lowest BCUT2D eigenvalue weighted by Crippen LogP contribution is -2.17. The highest BCUT2D eigenvalue weighted by atomic mass is 19.4. The molecular weight excluding hydrogens is 365 g/mol. The Labute approximate surface area is 149 Å². The number of fused-ring (bicyclic) bond motifs is 1. The number of hydrogen-bond acceptors (Lipinski definition) is 6. The van der Waals surface area contributed by atoms with E-state index in [2.05, 4.69) is 15.0 Å². The van der Waals surface area contributed by atoms with Gasteiger partial charge < -0.3 is 10.1 Å². The normalized spacial score (nSPS) is 11.0. The van der Waals surface area contributed by atoms with Gasteiger partial charge in [0.15, 0.2) is 0 Å². The van der Waals surface area contributed by atoms with Crippen LogP contribution in [0.3, 0.4) is 0 Å². The van der Waals surface area contributed by atoms with Gasteiger partial charge in [-0.05, 0) is 18.2 Å². The quantitative estimate of drug-likeness (QED) is 0.527. The van der Waals surface area contributed by atoms with E-state index in [1.807, 2.05) is 6.07 Å². The highest BCUT2D eigenvalue weighted by Crippen LogP contribution is 2.33. The SMILES string of the molecule is N#Cc1cnc2ccc([N+](=O)[O-])cc2c1Nc1cccc(OC(F)(F)F)c1. The molecule has 0 aliphatic heterocycles. The third-order valence-corrected chi connectivity index (χ3v) is 3.52. The van der Waals surface area contributed by atoms with Crippen molar-refractivity contribution in [1.29, 1.82) is 5.26 Å². The third-order valence-electron chi connectivity index (χ3n) is 3.52. The second-order valence-electron chi connectivity index (χ2n) is 5.32. The number of nitriles is 1. The summed E-state index contributed by atoms with van der Waals surface area (Å²) >= 11 is 0. The average Bonchev–Trinajstić information content (AvgIpc) is 2.60. The summed E-state index contributed by atoms with van der Waals surface area (Å²) in [5, 5.41) is 23.4. The molecule has 7 nitrogen and oxygen atoms in total. The Kier molecular flexibility index (Phi) is 4.51. The number of non-ortho nitro benzene ring substituents is 1.